The molecule has 5 rings (SSSR count). The van der Waals surface area contributed by atoms with Gasteiger partial charge in [0.05, 0.1) is 0 Å². The Morgan fingerprint density at radius 3 is 2.61 bits per heavy atom. The minimum Gasteiger partial charge on any atom is -0.356 e. The van der Waals surface area contributed by atoms with Crippen molar-refractivity contribution in [2.24, 2.45) is 11.8 Å². The average Bonchev–Trinajstić information content (AvgIpc) is 3.25. The number of aromatic nitrogens is 1. The summed E-state index contributed by atoms with van der Waals surface area (Å²) >= 11 is 3.72. The highest BCUT2D eigenvalue weighted by molar-refractivity contribution is 9.10. The van der Waals surface area contributed by atoms with Gasteiger partial charge in [0, 0.05) is 47.0 Å². The number of amides is 1. The second-order valence-electron chi connectivity index (χ2n) is 11.4. The van der Waals surface area contributed by atoms with E-state index in [2.05, 4.69) is 86.7 Å². The number of piperidine rings is 1. The van der Waals surface area contributed by atoms with E-state index in [4.69, 9.17) is 0 Å². The molecule has 1 aliphatic heterocycles. The molecule has 4 nitrogen and oxygen atoms in total. The molecule has 0 bridgehead atoms. The molecule has 1 aromatic heterocycles. The first-order chi connectivity index (χ1) is 18.1. The van der Waals surface area contributed by atoms with E-state index in [9.17, 15) is 4.79 Å². The first-order valence-corrected chi connectivity index (χ1v) is 15.2. The normalized spacial score (nSPS) is 17.7. The maximum absolute atomic E-state index is 13.3. The van der Waals surface area contributed by atoms with Gasteiger partial charge < -0.3 is 15.2 Å². The van der Waals surface area contributed by atoms with Crippen LogP contribution in [0.1, 0.15) is 80.4 Å². The molecule has 1 saturated carbocycles. The van der Waals surface area contributed by atoms with Crippen molar-refractivity contribution >= 4 is 45.1 Å². The lowest BCUT2D eigenvalue weighted by molar-refractivity contribution is -0.121. The quantitative estimate of drug-likeness (QED) is 0.264. The summed E-state index contributed by atoms with van der Waals surface area (Å²) in [5.41, 5.74) is 5.02. The summed E-state index contributed by atoms with van der Waals surface area (Å²) < 4.78 is 3.57. The summed E-state index contributed by atoms with van der Waals surface area (Å²) in [7, 11) is 0. The molecule has 3 aromatic rings. The van der Waals surface area contributed by atoms with E-state index in [-0.39, 0.29) is 24.2 Å². The van der Waals surface area contributed by atoms with Gasteiger partial charge in [0.15, 0.2) is 0 Å². The largest absolute Gasteiger partial charge is 0.356 e. The van der Waals surface area contributed by atoms with Crippen LogP contribution in [0.5, 0.6) is 0 Å². The van der Waals surface area contributed by atoms with Gasteiger partial charge >= 0.3 is 0 Å². The second-order valence-corrected chi connectivity index (χ2v) is 12.3. The molecule has 2 heterocycles. The van der Waals surface area contributed by atoms with Crippen LogP contribution in [0.15, 0.2) is 53.1 Å². The molecule has 2 aromatic carbocycles. The number of halogens is 2. The molecule has 0 radical (unpaired) electrons. The number of carbonyl (C=O) groups excluding carboxylic acids is 1. The minimum absolute atomic E-state index is 0. The van der Waals surface area contributed by atoms with Gasteiger partial charge in [0.25, 0.3) is 0 Å². The van der Waals surface area contributed by atoms with E-state index in [1.807, 2.05) is 0 Å². The van der Waals surface area contributed by atoms with Crippen LogP contribution in [0.2, 0.25) is 0 Å². The summed E-state index contributed by atoms with van der Waals surface area (Å²) in [4.78, 5) is 13.3. The van der Waals surface area contributed by atoms with Crippen LogP contribution in [0.3, 0.4) is 0 Å². The van der Waals surface area contributed by atoms with Crippen molar-refractivity contribution in [1.29, 1.82) is 0 Å². The maximum atomic E-state index is 13.3. The number of aryl methyl sites for hydroxylation is 1. The summed E-state index contributed by atoms with van der Waals surface area (Å²) in [6.07, 6.45) is 13.1. The van der Waals surface area contributed by atoms with Crippen LogP contribution in [0.25, 0.3) is 10.9 Å². The SMILES string of the molecule is Cc1cccc(C(CC(=O)NCCC2CCNCC2)c2cn(CC3CCCCC3)c3ccc(Br)cc23)c1.Cl. The van der Waals surface area contributed by atoms with Gasteiger partial charge in [-0.2, -0.15) is 0 Å². The molecule has 0 spiro atoms. The monoisotopic (exact) mass is 599 g/mol. The highest BCUT2D eigenvalue weighted by Crippen LogP contribution is 2.37. The van der Waals surface area contributed by atoms with Crippen molar-refractivity contribution in [3.05, 3.63) is 69.8 Å². The zero-order chi connectivity index (χ0) is 25.6. The Balaban J connectivity index is 0.00000336. The maximum Gasteiger partial charge on any atom is 0.220 e. The lowest BCUT2D eigenvalue weighted by Gasteiger charge is -2.23. The summed E-state index contributed by atoms with van der Waals surface area (Å²) in [5, 5.41) is 7.97. The molecular formula is C32H43BrClN3O. The second kappa shape index (κ2) is 14.0. The molecule has 2 fully saturated rings. The number of nitrogens with one attached hydrogen (secondary N) is 2. The molecule has 38 heavy (non-hydrogen) atoms. The predicted molar refractivity (Wildman–Crippen MR) is 164 cm³/mol. The van der Waals surface area contributed by atoms with E-state index < -0.39 is 0 Å². The predicted octanol–water partition coefficient (Wildman–Crippen LogP) is 7.74. The number of rotatable bonds is 9. The van der Waals surface area contributed by atoms with Crippen molar-refractivity contribution in [1.82, 2.24) is 15.2 Å². The van der Waals surface area contributed by atoms with Gasteiger partial charge in [-0.3, -0.25) is 4.79 Å². The number of carbonyl (C=O) groups is 1. The van der Waals surface area contributed by atoms with Gasteiger partial charge in [-0.05, 0) is 93.3 Å². The zero-order valence-electron chi connectivity index (χ0n) is 22.7. The van der Waals surface area contributed by atoms with Gasteiger partial charge in [0.1, 0.15) is 0 Å². The fourth-order valence-corrected chi connectivity index (χ4v) is 6.87. The first-order valence-electron chi connectivity index (χ1n) is 14.4. The van der Waals surface area contributed by atoms with Gasteiger partial charge in [-0.25, -0.2) is 0 Å². The third-order valence-corrected chi connectivity index (χ3v) is 9.09. The van der Waals surface area contributed by atoms with Crippen molar-refractivity contribution < 1.29 is 4.79 Å². The Bertz CT molecular complexity index is 1200. The van der Waals surface area contributed by atoms with Crippen molar-refractivity contribution in [3.63, 3.8) is 0 Å². The van der Waals surface area contributed by atoms with Gasteiger partial charge in [-0.1, -0.05) is 65.0 Å². The van der Waals surface area contributed by atoms with Crippen LogP contribution in [0, 0.1) is 18.8 Å². The van der Waals surface area contributed by atoms with Crippen LogP contribution in [0.4, 0.5) is 0 Å². The topological polar surface area (TPSA) is 46.1 Å². The number of fused-ring (bicyclic) bond motifs is 1. The Hall–Kier alpha value is -1.82. The van der Waals surface area contributed by atoms with Gasteiger partial charge in [0.2, 0.25) is 5.91 Å². The van der Waals surface area contributed by atoms with E-state index >= 15 is 0 Å². The standard InChI is InChI=1S/C32H42BrN3O.ClH/c1-23-6-5-9-26(18-23)28(20-32(37)35-17-14-24-12-15-34-16-13-24)30-22-36(21-25-7-3-2-4-8-25)31-11-10-27(33)19-29(30)31;/h5-6,9-11,18-19,22,24-25,28,34H,2-4,7-8,12-17,20-21H2,1H3,(H,35,37);1H. The van der Waals surface area contributed by atoms with Crippen molar-refractivity contribution in [3.8, 4) is 0 Å². The van der Waals surface area contributed by atoms with Crippen molar-refractivity contribution in [2.75, 3.05) is 19.6 Å². The Labute approximate surface area is 242 Å². The third-order valence-electron chi connectivity index (χ3n) is 8.60. The number of hydrogen-bond donors (Lipinski definition) is 2. The number of benzene rings is 2. The summed E-state index contributed by atoms with van der Waals surface area (Å²) in [5.74, 6) is 1.66. The first kappa shape index (κ1) is 29.2. The lowest BCUT2D eigenvalue weighted by atomic mass is 9.87. The van der Waals surface area contributed by atoms with E-state index in [0.29, 0.717) is 6.42 Å². The smallest absolute Gasteiger partial charge is 0.220 e. The molecule has 1 aliphatic carbocycles. The fourth-order valence-electron chi connectivity index (χ4n) is 6.51. The minimum atomic E-state index is 0. The van der Waals surface area contributed by atoms with Crippen LogP contribution in [-0.4, -0.2) is 30.1 Å². The average molecular weight is 601 g/mol. The van der Waals surface area contributed by atoms with E-state index in [0.717, 1.165) is 48.9 Å². The molecule has 2 aliphatic rings. The van der Waals surface area contributed by atoms with Crippen LogP contribution >= 0.6 is 28.3 Å². The van der Waals surface area contributed by atoms with E-state index in [1.165, 1.54) is 72.5 Å². The fraction of sp³-hybridized carbons (Fsp3) is 0.531. The Kier molecular flexibility index (Phi) is 10.7. The molecule has 1 amide bonds. The van der Waals surface area contributed by atoms with Gasteiger partial charge in [-0.15, -0.1) is 12.4 Å². The molecule has 1 unspecified atom stereocenters. The molecule has 6 heteroatoms. The third kappa shape index (κ3) is 7.43. The highest BCUT2D eigenvalue weighted by Gasteiger charge is 2.25. The van der Waals surface area contributed by atoms with Crippen molar-refractivity contribution in [2.45, 2.75) is 77.2 Å². The molecule has 1 saturated heterocycles. The molecule has 206 valence electrons. The Morgan fingerprint density at radius 2 is 1.84 bits per heavy atom. The highest BCUT2D eigenvalue weighted by atomic mass is 79.9. The number of nitrogens with zero attached hydrogens (tertiary/aromatic N) is 1. The summed E-state index contributed by atoms with van der Waals surface area (Å²) in [6, 6.07) is 15.4. The zero-order valence-corrected chi connectivity index (χ0v) is 25.1. The van der Waals surface area contributed by atoms with Crippen LogP contribution < -0.4 is 10.6 Å². The molecule has 1 atom stereocenters. The summed E-state index contributed by atoms with van der Waals surface area (Å²) in [6.45, 7) is 6.20. The lowest BCUT2D eigenvalue weighted by Crippen LogP contribution is -2.31. The molecule has 2 N–H and O–H groups in total. The number of hydrogen-bond acceptors (Lipinski definition) is 2. The Morgan fingerprint density at radius 1 is 1.05 bits per heavy atom. The van der Waals surface area contributed by atoms with E-state index in [1.54, 1.807) is 0 Å². The molecular weight excluding hydrogens is 558 g/mol. The van der Waals surface area contributed by atoms with Crippen LogP contribution in [-0.2, 0) is 11.3 Å².